The summed E-state index contributed by atoms with van der Waals surface area (Å²) in [4.78, 5) is 12.6. The van der Waals surface area contributed by atoms with Gasteiger partial charge in [0.05, 0.1) is 34.8 Å². The summed E-state index contributed by atoms with van der Waals surface area (Å²) < 4.78 is 0. The molecule has 0 atom stereocenters. The Kier molecular flexibility index (Phi) is 3.82. The molecule has 0 fully saturated rings. The molecule has 0 saturated heterocycles. The Balaban J connectivity index is 1.50. The Bertz CT molecular complexity index is 1360. The first-order chi connectivity index (χ1) is 14.4. The number of H-pyrrole nitrogens is 2. The van der Waals surface area contributed by atoms with Gasteiger partial charge in [-0.25, -0.2) is 0 Å². The van der Waals surface area contributed by atoms with Gasteiger partial charge in [-0.3, -0.25) is 15.1 Å². The second-order valence-electron chi connectivity index (χ2n) is 7.21. The standard InChI is InChI=1S/C22H18N6S/c1-4-23-5-2-13(1)18-8-16-21(11-25-18)27-28-22(16)19-7-15-17(14-3-6-29-12-14)9-24-10-20(15)26-19/h1,3,6-12,23,26H,2,4-5H2,(H,27,28). The summed E-state index contributed by atoms with van der Waals surface area (Å²) in [5.74, 6) is 0. The third-order valence-corrected chi connectivity index (χ3v) is 6.16. The van der Waals surface area contributed by atoms with Crippen molar-refractivity contribution >= 4 is 38.7 Å². The van der Waals surface area contributed by atoms with Crippen molar-refractivity contribution in [3.05, 3.63) is 59.3 Å². The monoisotopic (exact) mass is 398 g/mol. The average Bonchev–Trinajstić information content (AvgIpc) is 3.52. The summed E-state index contributed by atoms with van der Waals surface area (Å²) in [5, 5.41) is 17.5. The lowest BCUT2D eigenvalue weighted by molar-refractivity contribution is 0.737. The fraction of sp³-hybridized carbons (Fsp3) is 0.136. The third kappa shape index (κ3) is 2.78. The number of nitrogens with one attached hydrogen (secondary N) is 3. The fourth-order valence-electron chi connectivity index (χ4n) is 3.98. The van der Waals surface area contributed by atoms with Crippen molar-refractivity contribution in [2.45, 2.75) is 6.42 Å². The maximum absolute atomic E-state index is 4.64. The van der Waals surface area contributed by atoms with E-state index in [2.05, 4.69) is 65.5 Å². The highest BCUT2D eigenvalue weighted by Crippen LogP contribution is 2.34. The zero-order chi connectivity index (χ0) is 19.2. The number of pyridine rings is 2. The molecule has 6 rings (SSSR count). The molecule has 0 amide bonds. The summed E-state index contributed by atoms with van der Waals surface area (Å²) in [6.07, 6.45) is 8.89. The molecular weight excluding hydrogens is 380 g/mol. The average molecular weight is 398 g/mol. The highest BCUT2D eigenvalue weighted by atomic mass is 32.1. The molecular formula is C22H18N6S. The quantitative estimate of drug-likeness (QED) is 0.415. The molecule has 3 N–H and O–H groups in total. The second kappa shape index (κ2) is 6.65. The fourth-order valence-corrected chi connectivity index (χ4v) is 4.64. The number of nitrogens with zero attached hydrogens (tertiary/aromatic N) is 3. The van der Waals surface area contributed by atoms with Crippen LogP contribution in [0, 0.1) is 0 Å². The molecule has 7 heteroatoms. The number of hydrogen-bond acceptors (Lipinski definition) is 5. The molecule has 1 aliphatic rings. The van der Waals surface area contributed by atoms with Gasteiger partial charge in [-0.2, -0.15) is 16.4 Å². The van der Waals surface area contributed by atoms with Gasteiger partial charge in [-0.05, 0) is 53.1 Å². The highest BCUT2D eigenvalue weighted by molar-refractivity contribution is 7.08. The van der Waals surface area contributed by atoms with Gasteiger partial charge in [0.2, 0.25) is 0 Å². The lowest BCUT2D eigenvalue weighted by atomic mass is 10.0. The topological polar surface area (TPSA) is 82.3 Å². The van der Waals surface area contributed by atoms with Crippen molar-refractivity contribution in [3.63, 3.8) is 0 Å². The minimum absolute atomic E-state index is 0.897. The van der Waals surface area contributed by atoms with Gasteiger partial charge in [0.1, 0.15) is 5.69 Å². The molecule has 6 heterocycles. The van der Waals surface area contributed by atoms with Crippen LogP contribution in [0.15, 0.2) is 53.6 Å². The number of rotatable bonds is 3. The van der Waals surface area contributed by atoms with Crippen LogP contribution in [0.3, 0.4) is 0 Å². The van der Waals surface area contributed by atoms with Crippen molar-refractivity contribution in [3.8, 4) is 22.5 Å². The van der Waals surface area contributed by atoms with E-state index in [4.69, 9.17) is 0 Å². The van der Waals surface area contributed by atoms with Crippen molar-refractivity contribution in [2.24, 2.45) is 0 Å². The predicted molar refractivity (Wildman–Crippen MR) is 118 cm³/mol. The van der Waals surface area contributed by atoms with Crippen LogP contribution in [-0.4, -0.2) is 38.2 Å². The van der Waals surface area contributed by atoms with E-state index in [1.165, 1.54) is 11.1 Å². The highest BCUT2D eigenvalue weighted by Gasteiger charge is 2.16. The van der Waals surface area contributed by atoms with Gasteiger partial charge in [-0.1, -0.05) is 6.08 Å². The van der Waals surface area contributed by atoms with Crippen molar-refractivity contribution in [2.75, 3.05) is 13.1 Å². The molecule has 0 spiro atoms. The molecule has 6 nitrogen and oxygen atoms in total. The second-order valence-corrected chi connectivity index (χ2v) is 7.99. The Morgan fingerprint density at radius 3 is 2.90 bits per heavy atom. The molecule has 0 saturated carbocycles. The van der Waals surface area contributed by atoms with Crippen LogP contribution < -0.4 is 5.32 Å². The van der Waals surface area contributed by atoms with Gasteiger partial charge < -0.3 is 10.3 Å². The number of aromatic amines is 2. The Morgan fingerprint density at radius 1 is 1.03 bits per heavy atom. The third-order valence-electron chi connectivity index (χ3n) is 5.47. The van der Waals surface area contributed by atoms with Crippen LogP contribution in [0.4, 0.5) is 0 Å². The van der Waals surface area contributed by atoms with Crippen LogP contribution >= 0.6 is 11.3 Å². The number of thiophene rings is 1. The number of aromatic nitrogens is 5. The maximum atomic E-state index is 4.64. The summed E-state index contributed by atoms with van der Waals surface area (Å²) in [6.45, 7) is 1.89. The molecule has 0 aliphatic carbocycles. The smallest absolute Gasteiger partial charge is 0.116 e. The summed E-state index contributed by atoms with van der Waals surface area (Å²) in [6, 6.07) is 6.45. The van der Waals surface area contributed by atoms with Gasteiger partial charge in [0, 0.05) is 29.1 Å². The van der Waals surface area contributed by atoms with Gasteiger partial charge in [0.15, 0.2) is 0 Å². The van der Waals surface area contributed by atoms with Crippen molar-refractivity contribution < 1.29 is 0 Å². The van der Waals surface area contributed by atoms with E-state index < -0.39 is 0 Å². The summed E-state index contributed by atoms with van der Waals surface area (Å²) in [5.41, 5.74) is 8.47. The lowest BCUT2D eigenvalue weighted by Crippen LogP contribution is -2.20. The first-order valence-corrected chi connectivity index (χ1v) is 10.5. The van der Waals surface area contributed by atoms with Crippen LogP contribution in [0.25, 0.3) is 49.9 Å². The SMILES string of the molecule is C1=C(c2cc3c(-c4cc5c(-c6ccsc6)cncc5[nH]4)n[nH]c3cn2)CCNC1. The minimum atomic E-state index is 0.897. The summed E-state index contributed by atoms with van der Waals surface area (Å²) in [7, 11) is 0. The van der Waals surface area contributed by atoms with E-state index in [0.29, 0.717) is 0 Å². The Morgan fingerprint density at radius 2 is 2.03 bits per heavy atom. The molecule has 1 aliphatic heterocycles. The van der Waals surface area contributed by atoms with Crippen LogP contribution in [0.5, 0.6) is 0 Å². The Labute approximate surface area is 170 Å². The van der Waals surface area contributed by atoms with E-state index >= 15 is 0 Å². The van der Waals surface area contributed by atoms with Gasteiger partial charge in [-0.15, -0.1) is 0 Å². The lowest BCUT2D eigenvalue weighted by Gasteiger charge is -2.13. The molecule has 0 bridgehead atoms. The largest absolute Gasteiger partial charge is 0.352 e. The van der Waals surface area contributed by atoms with Crippen molar-refractivity contribution in [1.29, 1.82) is 0 Å². The summed E-state index contributed by atoms with van der Waals surface area (Å²) >= 11 is 1.69. The molecule has 0 unspecified atom stereocenters. The van der Waals surface area contributed by atoms with Gasteiger partial charge >= 0.3 is 0 Å². The molecule has 5 aromatic heterocycles. The van der Waals surface area contributed by atoms with Crippen LogP contribution in [0.2, 0.25) is 0 Å². The first kappa shape index (κ1) is 16.6. The van der Waals surface area contributed by atoms with Crippen LogP contribution in [0.1, 0.15) is 12.1 Å². The first-order valence-electron chi connectivity index (χ1n) is 9.61. The number of fused-ring (bicyclic) bond motifs is 2. The predicted octanol–water partition coefficient (Wildman–Crippen LogP) is 4.61. The molecule has 29 heavy (non-hydrogen) atoms. The zero-order valence-electron chi connectivity index (χ0n) is 15.6. The van der Waals surface area contributed by atoms with E-state index in [9.17, 15) is 0 Å². The molecule has 0 aromatic carbocycles. The van der Waals surface area contributed by atoms with Crippen molar-refractivity contribution in [1.82, 2.24) is 30.5 Å². The number of hydrogen-bond donors (Lipinski definition) is 3. The normalized spacial score (nSPS) is 14.6. The molecule has 5 aromatic rings. The van der Waals surface area contributed by atoms with Gasteiger partial charge in [0.25, 0.3) is 0 Å². The minimum Gasteiger partial charge on any atom is -0.352 e. The van der Waals surface area contributed by atoms with E-state index in [1.807, 2.05) is 18.6 Å². The molecule has 0 radical (unpaired) electrons. The molecule has 142 valence electrons. The Hall–Kier alpha value is -3.29. The van der Waals surface area contributed by atoms with Crippen LogP contribution in [-0.2, 0) is 0 Å². The van der Waals surface area contributed by atoms with E-state index in [-0.39, 0.29) is 0 Å². The van der Waals surface area contributed by atoms with E-state index in [0.717, 1.165) is 64.0 Å². The zero-order valence-corrected chi connectivity index (χ0v) is 16.4. The van der Waals surface area contributed by atoms with E-state index in [1.54, 1.807) is 11.3 Å². The maximum Gasteiger partial charge on any atom is 0.116 e.